The third-order valence-corrected chi connectivity index (χ3v) is 3.67. The predicted molar refractivity (Wildman–Crippen MR) is 26.2 cm³/mol. The molecule has 0 spiro atoms. The van der Waals surface area contributed by atoms with Crippen molar-refractivity contribution < 1.29 is 40.6 Å². The van der Waals surface area contributed by atoms with Crippen LogP contribution in [0.15, 0.2) is 0 Å². The topological polar surface area (TPSA) is 27.7 Å². The maximum atomic E-state index is 5.34. The molecule has 1 fully saturated rings. The van der Waals surface area contributed by atoms with E-state index in [1.165, 1.54) is 3.93 Å². The van der Waals surface area contributed by atoms with Crippen LogP contribution in [0, 0.1) is 0 Å². The van der Waals surface area contributed by atoms with Crippen LogP contribution in [0.1, 0.15) is 6.92 Å². The molecule has 3 nitrogen and oxygen atoms in total. The van der Waals surface area contributed by atoms with E-state index in [-0.39, 0.29) is 6.29 Å². The fourth-order valence-electron chi connectivity index (χ4n) is 0.695. The zero-order chi connectivity index (χ0) is 6.69. The van der Waals surface area contributed by atoms with Gasteiger partial charge in [-0.05, 0) is 0 Å². The molecule has 49 valence electrons. The van der Waals surface area contributed by atoms with Crippen molar-refractivity contribution in [1.29, 1.82) is 0 Å². The van der Waals surface area contributed by atoms with Gasteiger partial charge in [0.05, 0.1) is 0 Å². The van der Waals surface area contributed by atoms with Gasteiger partial charge in [-0.3, -0.25) is 0 Å². The monoisotopic (exact) mass is 319 g/mol. The molecular weight excluding hydrogens is 309 g/mol. The number of hydrogen-bond acceptors (Lipinski definition) is 3. The summed E-state index contributed by atoms with van der Waals surface area (Å²) in [5.74, 6) is 0. The maximum absolute atomic E-state index is 5.34. The number of rotatable bonds is 1. The van der Waals surface area contributed by atoms with Crippen molar-refractivity contribution in [3.8, 4) is 0 Å². The summed E-state index contributed by atoms with van der Waals surface area (Å²) in [5.41, 5.74) is 0. The van der Waals surface area contributed by atoms with Gasteiger partial charge in [0.15, 0.2) is 0 Å². The van der Waals surface area contributed by atoms with E-state index in [0.29, 0.717) is 12.7 Å². The first-order valence-corrected chi connectivity index (χ1v) is 6.94. The zero-order valence-electron chi connectivity index (χ0n) is 5.50. The SMILES string of the molecule is C[C@H]1OOC[C@@H]([CH2][Hg])O1. The van der Waals surface area contributed by atoms with Gasteiger partial charge in [-0.25, -0.2) is 0 Å². The molecule has 1 aliphatic heterocycles. The average Bonchev–Trinajstić information content (AvgIpc) is 1.88. The number of ether oxygens (including phenoxy) is 1. The van der Waals surface area contributed by atoms with Gasteiger partial charge in [0.1, 0.15) is 0 Å². The standard InChI is InChI=1S/C5H9O3.Hg/c1-4-3-6-8-5(2)7-4;/h4-5H,1,3H2,2H3;/t4-,5-;/m1./s1. The molecule has 1 saturated heterocycles. The zero-order valence-corrected chi connectivity index (χ0v) is 11.0. The van der Waals surface area contributed by atoms with Crippen molar-refractivity contribution in [3.05, 3.63) is 0 Å². The van der Waals surface area contributed by atoms with Gasteiger partial charge >= 0.3 is 70.5 Å². The van der Waals surface area contributed by atoms with E-state index < -0.39 is 0 Å². The molecule has 0 aromatic heterocycles. The van der Waals surface area contributed by atoms with Gasteiger partial charge in [-0.2, -0.15) is 0 Å². The van der Waals surface area contributed by atoms with E-state index in [1.54, 1.807) is 0 Å². The van der Waals surface area contributed by atoms with Crippen LogP contribution >= 0.6 is 0 Å². The molecule has 0 aromatic rings. The fourth-order valence-corrected chi connectivity index (χ4v) is 1.87. The van der Waals surface area contributed by atoms with E-state index in [0.717, 1.165) is 26.1 Å². The normalized spacial score (nSPS) is 36.8. The van der Waals surface area contributed by atoms with Gasteiger partial charge in [0.2, 0.25) is 0 Å². The summed E-state index contributed by atoms with van der Waals surface area (Å²) in [6, 6.07) is 0. The molecule has 0 aromatic carbocycles. The van der Waals surface area contributed by atoms with Crippen LogP contribution < -0.4 is 0 Å². The van der Waals surface area contributed by atoms with E-state index >= 15 is 0 Å². The Bertz CT molecular complexity index is 88.3. The third kappa shape index (κ3) is 2.49. The van der Waals surface area contributed by atoms with Gasteiger partial charge in [-0.15, -0.1) is 0 Å². The van der Waals surface area contributed by atoms with E-state index in [4.69, 9.17) is 14.5 Å². The Morgan fingerprint density at radius 3 is 2.89 bits per heavy atom. The second-order valence-corrected chi connectivity index (χ2v) is 4.24. The third-order valence-electron chi connectivity index (χ3n) is 1.16. The van der Waals surface area contributed by atoms with Crippen LogP contribution in [0.4, 0.5) is 0 Å². The van der Waals surface area contributed by atoms with Crippen LogP contribution in [-0.4, -0.2) is 19.0 Å². The molecular formula is C5H9HgO3. The molecule has 9 heavy (non-hydrogen) atoms. The molecule has 0 bridgehead atoms. The van der Waals surface area contributed by atoms with Crippen molar-refractivity contribution in [2.45, 2.75) is 23.2 Å². The van der Waals surface area contributed by atoms with Crippen molar-refractivity contribution in [3.63, 3.8) is 0 Å². The summed E-state index contributed by atoms with van der Waals surface area (Å²) < 4.78 is 6.51. The van der Waals surface area contributed by atoms with Crippen LogP contribution in [0.25, 0.3) is 0 Å². The molecule has 0 N–H and O–H groups in total. The van der Waals surface area contributed by atoms with Gasteiger partial charge in [0, 0.05) is 0 Å². The molecule has 0 unspecified atom stereocenters. The van der Waals surface area contributed by atoms with E-state index in [1.807, 2.05) is 6.92 Å². The van der Waals surface area contributed by atoms with Gasteiger partial charge < -0.3 is 0 Å². The molecule has 1 rings (SSSR count). The second-order valence-electron chi connectivity index (χ2n) is 2.00. The Labute approximate surface area is 70.6 Å². The first-order valence-electron chi connectivity index (χ1n) is 3.06. The Morgan fingerprint density at radius 1 is 1.67 bits per heavy atom. The molecule has 1 heterocycles. The molecule has 0 radical (unpaired) electrons. The second kappa shape index (κ2) is 3.86. The van der Waals surface area contributed by atoms with Gasteiger partial charge in [0.25, 0.3) is 0 Å². The minimum absolute atomic E-state index is 0.174. The number of hydrogen-bond donors (Lipinski definition) is 0. The summed E-state index contributed by atoms with van der Waals surface area (Å²) in [6.07, 6.45) is 0.129. The predicted octanol–water partition coefficient (Wildman–Crippen LogP) is 0.644. The molecule has 0 amide bonds. The molecule has 0 saturated carbocycles. The quantitative estimate of drug-likeness (QED) is 0.525. The van der Waals surface area contributed by atoms with E-state index in [2.05, 4.69) is 0 Å². The van der Waals surface area contributed by atoms with Crippen LogP contribution in [-0.2, 0) is 40.6 Å². The Hall–Kier alpha value is 0.815. The first-order chi connectivity index (χ1) is 4.33. The van der Waals surface area contributed by atoms with E-state index in [9.17, 15) is 0 Å². The summed E-state index contributed by atoms with van der Waals surface area (Å²) in [7, 11) is 0. The molecule has 0 aliphatic carbocycles. The molecule has 1 aliphatic rings. The molecule has 4 heteroatoms. The Morgan fingerprint density at radius 2 is 2.44 bits per heavy atom. The van der Waals surface area contributed by atoms with Gasteiger partial charge in [-0.1, -0.05) is 0 Å². The Balaban J connectivity index is 2.23. The average molecular weight is 318 g/mol. The summed E-state index contributed by atoms with van der Waals surface area (Å²) in [6.45, 7) is 2.45. The van der Waals surface area contributed by atoms with Crippen LogP contribution in [0.3, 0.4) is 0 Å². The minimum atomic E-state index is -0.174. The van der Waals surface area contributed by atoms with Crippen molar-refractivity contribution in [1.82, 2.24) is 0 Å². The fraction of sp³-hybridized carbons (Fsp3) is 1.00. The van der Waals surface area contributed by atoms with Crippen molar-refractivity contribution in [2.24, 2.45) is 0 Å². The molecule has 2 atom stereocenters. The van der Waals surface area contributed by atoms with Crippen molar-refractivity contribution in [2.75, 3.05) is 6.61 Å². The van der Waals surface area contributed by atoms with Crippen molar-refractivity contribution >= 4 is 0 Å². The summed E-state index contributed by atoms with van der Waals surface area (Å²) >= 11 is 0.800. The summed E-state index contributed by atoms with van der Waals surface area (Å²) in [5, 5.41) is 0. The van der Waals surface area contributed by atoms with Crippen LogP contribution in [0.2, 0.25) is 3.93 Å². The summed E-state index contributed by atoms with van der Waals surface area (Å²) in [4.78, 5) is 9.50. The first kappa shape index (κ1) is 7.92. The Kier molecular flexibility index (Phi) is 3.39. The van der Waals surface area contributed by atoms with Crippen LogP contribution in [0.5, 0.6) is 0 Å².